The normalized spacial score (nSPS) is 24.8. The summed E-state index contributed by atoms with van der Waals surface area (Å²) in [4.78, 5) is 25.7. The van der Waals surface area contributed by atoms with E-state index in [2.05, 4.69) is 13.8 Å². The third kappa shape index (κ3) is 2.86. The van der Waals surface area contributed by atoms with Crippen molar-refractivity contribution >= 4 is 11.7 Å². The molecular formula is C13H24N2O2. The molecule has 1 rings (SSSR count). The fourth-order valence-electron chi connectivity index (χ4n) is 2.62. The van der Waals surface area contributed by atoms with Crippen LogP contribution < -0.4 is 5.73 Å². The molecule has 0 aromatic rings. The van der Waals surface area contributed by atoms with Crippen LogP contribution in [0.15, 0.2) is 0 Å². The molecule has 0 radical (unpaired) electrons. The van der Waals surface area contributed by atoms with E-state index < -0.39 is 0 Å². The van der Waals surface area contributed by atoms with E-state index in [4.69, 9.17) is 5.73 Å². The van der Waals surface area contributed by atoms with Gasteiger partial charge in [-0.15, -0.1) is 0 Å². The van der Waals surface area contributed by atoms with E-state index in [1.807, 2.05) is 13.8 Å². The second-order valence-electron chi connectivity index (χ2n) is 5.49. The van der Waals surface area contributed by atoms with Crippen LogP contribution in [0.25, 0.3) is 0 Å². The summed E-state index contributed by atoms with van der Waals surface area (Å²) in [5, 5.41) is 0. The van der Waals surface area contributed by atoms with Crippen LogP contribution in [0.3, 0.4) is 0 Å². The molecule has 1 aliphatic heterocycles. The van der Waals surface area contributed by atoms with E-state index in [0.717, 1.165) is 6.42 Å². The van der Waals surface area contributed by atoms with Crippen molar-refractivity contribution in [3.05, 3.63) is 0 Å². The zero-order chi connectivity index (χ0) is 13.2. The number of hydrogen-bond acceptors (Lipinski definition) is 3. The Morgan fingerprint density at radius 3 is 2.29 bits per heavy atom. The first-order chi connectivity index (χ1) is 7.90. The smallest absolute Gasteiger partial charge is 0.236 e. The lowest BCUT2D eigenvalue weighted by molar-refractivity contribution is -0.139. The molecule has 0 aromatic carbocycles. The zero-order valence-corrected chi connectivity index (χ0v) is 11.3. The summed E-state index contributed by atoms with van der Waals surface area (Å²) in [6.07, 6.45) is 0.909. The standard InChI is InChI=1S/C13H24N2O2/c1-8(2)10-5-6-15(11(16)7-14)12(10)13(17)9(3)4/h8-10,12H,5-7,14H2,1-4H3/t10-,12-/m0/s1. The Balaban J connectivity index is 2.94. The molecule has 1 aliphatic rings. The van der Waals surface area contributed by atoms with Crippen LogP contribution in [-0.4, -0.2) is 35.7 Å². The topological polar surface area (TPSA) is 63.4 Å². The summed E-state index contributed by atoms with van der Waals surface area (Å²) in [7, 11) is 0. The van der Waals surface area contributed by atoms with Crippen molar-refractivity contribution in [3.8, 4) is 0 Å². The number of likely N-dealkylation sites (tertiary alicyclic amines) is 1. The minimum Gasteiger partial charge on any atom is -0.331 e. The molecule has 2 atom stereocenters. The molecular weight excluding hydrogens is 216 g/mol. The van der Waals surface area contributed by atoms with E-state index in [9.17, 15) is 9.59 Å². The molecule has 17 heavy (non-hydrogen) atoms. The lowest BCUT2D eigenvalue weighted by Gasteiger charge is -2.30. The number of hydrogen-bond donors (Lipinski definition) is 1. The van der Waals surface area contributed by atoms with Gasteiger partial charge in [-0.1, -0.05) is 27.7 Å². The molecule has 1 saturated heterocycles. The molecule has 2 N–H and O–H groups in total. The fraction of sp³-hybridized carbons (Fsp3) is 0.846. The molecule has 1 heterocycles. The largest absolute Gasteiger partial charge is 0.331 e. The average Bonchev–Trinajstić information content (AvgIpc) is 2.70. The number of Topliss-reactive ketones (excluding diaryl/α,β-unsaturated/α-hetero) is 1. The minimum atomic E-state index is -0.258. The predicted molar refractivity (Wildman–Crippen MR) is 67.3 cm³/mol. The first-order valence-electron chi connectivity index (χ1n) is 6.43. The first kappa shape index (κ1) is 14.2. The van der Waals surface area contributed by atoms with Gasteiger partial charge in [-0.3, -0.25) is 9.59 Å². The van der Waals surface area contributed by atoms with Crippen LogP contribution in [-0.2, 0) is 9.59 Å². The van der Waals surface area contributed by atoms with E-state index >= 15 is 0 Å². The molecule has 0 aromatic heterocycles. The Bertz CT molecular complexity index is 300. The maximum absolute atomic E-state index is 12.3. The van der Waals surface area contributed by atoms with Crippen LogP contribution in [0.2, 0.25) is 0 Å². The van der Waals surface area contributed by atoms with Gasteiger partial charge in [-0.25, -0.2) is 0 Å². The molecule has 98 valence electrons. The maximum atomic E-state index is 12.3. The molecule has 0 aliphatic carbocycles. The van der Waals surface area contributed by atoms with Crippen molar-refractivity contribution < 1.29 is 9.59 Å². The van der Waals surface area contributed by atoms with E-state index in [1.165, 1.54) is 0 Å². The fourth-order valence-corrected chi connectivity index (χ4v) is 2.62. The zero-order valence-electron chi connectivity index (χ0n) is 11.3. The highest BCUT2D eigenvalue weighted by Crippen LogP contribution is 2.32. The van der Waals surface area contributed by atoms with Crippen LogP contribution in [0, 0.1) is 17.8 Å². The van der Waals surface area contributed by atoms with Crippen molar-refractivity contribution in [1.82, 2.24) is 4.90 Å². The number of rotatable bonds is 4. The third-order valence-corrected chi connectivity index (χ3v) is 3.66. The second-order valence-corrected chi connectivity index (χ2v) is 5.49. The maximum Gasteiger partial charge on any atom is 0.236 e. The highest BCUT2D eigenvalue weighted by Gasteiger charge is 2.42. The number of ketones is 1. The molecule has 0 unspecified atom stereocenters. The molecule has 0 bridgehead atoms. The van der Waals surface area contributed by atoms with Crippen molar-refractivity contribution in [2.45, 2.75) is 40.2 Å². The van der Waals surface area contributed by atoms with Gasteiger partial charge in [-0.05, 0) is 18.3 Å². The molecule has 4 heteroatoms. The van der Waals surface area contributed by atoms with Gasteiger partial charge in [-0.2, -0.15) is 0 Å². The van der Waals surface area contributed by atoms with Crippen LogP contribution in [0.1, 0.15) is 34.1 Å². The summed E-state index contributed by atoms with van der Waals surface area (Å²) in [5.74, 6) is 0.723. The van der Waals surface area contributed by atoms with Gasteiger partial charge in [0.1, 0.15) is 0 Å². The summed E-state index contributed by atoms with van der Waals surface area (Å²) < 4.78 is 0. The van der Waals surface area contributed by atoms with Crippen molar-refractivity contribution in [3.63, 3.8) is 0 Å². The Morgan fingerprint density at radius 1 is 1.29 bits per heavy atom. The number of nitrogens with zero attached hydrogens (tertiary/aromatic N) is 1. The predicted octanol–water partition coefficient (Wildman–Crippen LogP) is 1.04. The summed E-state index contributed by atoms with van der Waals surface area (Å²) in [6.45, 7) is 8.67. The summed E-state index contributed by atoms with van der Waals surface area (Å²) in [5.41, 5.74) is 5.41. The Hall–Kier alpha value is -0.900. The second kappa shape index (κ2) is 5.63. The highest BCUT2D eigenvalue weighted by molar-refractivity contribution is 5.91. The molecule has 1 fully saturated rings. The van der Waals surface area contributed by atoms with Gasteiger partial charge in [0.2, 0.25) is 5.91 Å². The van der Waals surface area contributed by atoms with Gasteiger partial charge in [0.25, 0.3) is 0 Å². The first-order valence-corrected chi connectivity index (χ1v) is 6.43. The quantitative estimate of drug-likeness (QED) is 0.798. The Labute approximate surface area is 104 Å². The molecule has 1 amide bonds. The van der Waals surface area contributed by atoms with E-state index in [0.29, 0.717) is 12.5 Å². The third-order valence-electron chi connectivity index (χ3n) is 3.66. The summed E-state index contributed by atoms with van der Waals surface area (Å²) in [6, 6.07) is -0.258. The van der Waals surface area contributed by atoms with Gasteiger partial charge >= 0.3 is 0 Å². The summed E-state index contributed by atoms with van der Waals surface area (Å²) >= 11 is 0. The number of carbonyl (C=O) groups excluding carboxylic acids is 2. The van der Waals surface area contributed by atoms with Crippen molar-refractivity contribution in [2.24, 2.45) is 23.5 Å². The van der Waals surface area contributed by atoms with Crippen molar-refractivity contribution in [1.29, 1.82) is 0 Å². The number of nitrogens with two attached hydrogens (primary N) is 1. The molecule has 4 nitrogen and oxygen atoms in total. The highest BCUT2D eigenvalue weighted by atomic mass is 16.2. The lowest BCUT2D eigenvalue weighted by atomic mass is 9.84. The average molecular weight is 240 g/mol. The van der Waals surface area contributed by atoms with Crippen LogP contribution in [0.5, 0.6) is 0 Å². The van der Waals surface area contributed by atoms with Gasteiger partial charge < -0.3 is 10.6 Å². The Kier molecular flexibility index (Phi) is 4.69. The Morgan fingerprint density at radius 2 is 1.88 bits per heavy atom. The number of carbonyl (C=O) groups is 2. The van der Waals surface area contributed by atoms with Gasteiger partial charge in [0.15, 0.2) is 5.78 Å². The lowest BCUT2D eigenvalue weighted by Crippen LogP contribution is -2.47. The molecule has 0 saturated carbocycles. The SMILES string of the molecule is CC(C)C(=O)[C@@H]1[C@H](C(C)C)CCN1C(=O)CN. The molecule has 0 spiro atoms. The minimum absolute atomic E-state index is 0.00725. The van der Waals surface area contributed by atoms with E-state index in [-0.39, 0.29) is 36.1 Å². The van der Waals surface area contributed by atoms with Gasteiger partial charge in [0.05, 0.1) is 12.6 Å². The van der Waals surface area contributed by atoms with E-state index in [1.54, 1.807) is 4.90 Å². The number of amides is 1. The van der Waals surface area contributed by atoms with Crippen LogP contribution in [0.4, 0.5) is 0 Å². The van der Waals surface area contributed by atoms with Crippen LogP contribution >= 0.6 is 0 Å². The monoisotopic (exact) mass is 240 g/mol. The van der Waals surface area contributed by atoms with Gasteiger partial charge in [0, 0.05) is 12.5 Å². The van der Waals surface area contributed by atoms with Crippen molar-refractivity contribution in [2.75, 3.05) is 13.1 Å².